The van der Waals surface area contributed by atoms with Crippen molar-refractivity contribution in [2.24, 2.45) is 5.11 Å². The molecule has 1 rings (SSSR count). The summed E-state index contributed by atoms with van der Waals surface area (Å²) >= 11 is 0. The highest BCUT2D eigenvalue weighted by Crippen LogP contribution is 2.25. The highest BCUT2D eigenvalue weighted by atomic mass is 19.1. The van der Waals surface area contributed by atoms with Gasteiger partial charge in [-0.25, -0.2) is 14.0 Å². The second-order valence-corrected chi connectivity index (χ2v) is 6.10. The monoisotopic (exact) mass is 446 g/mol. The van der Waals surface area contributed by atoms with Crippen LogP contribution < -0.4 is 11.0 Å². The predicted octanol–water partition coefficient (Wildman–Crippen LogP) is -0.376. The van der Waals surface area contributed by atoms with E-state index in [1.54, 1.807) is 0 Å². The number of nitrogens with one attached hydrogen (secondary N) is 1. The Morgan fingerprint density at radius 2 is 2.13 bits per heavy atom. The number of ether oxygens (including phenoxy) is 3. The van der Waals surface area contributed by atoms with Crippen LogP contribution >= 0.6 is 0 Å². The molecule has 4 atom stereocenters. The molecule has 31 heavy (non-hydrogen) atoms. The molecule has 0 aromatic carbocycles. The number of hydrogen-bond donors (Lipinski definition) is 3. The van der Waals surface area contributed by atoms with E-state index in [1.807, 2.05) is 0 Å². The lowest BCUT2D eigenvalue weighted by molar-refractivity contribution is -0.193. The fraction of sp³-hybridized carbons (Fsp3) is 0.625. The number of nitrogens with zero attached hydrogens (tertiary/aromatic N) is 5. The molecule has 15 heteroatoms. The molecule has 0 unspecified atom stereocenters. The van der Waals surface area contributed by atoms with Gasteiger partial charge in [-0.2, -0.15) is 4.98 Å². The first kappa shape index (κ1) is 25.8. The maximum atomic E-state index is 13.6. The smallest absolute Gasteiger partial charge is 0.351 e. The second kappa shape index (κ2) is 11.8. The lowest BCUT2D eigenvalue weighted by atomic mass is 10.1. The molecule has 0 aliphatic carbocycles. The summed E-state index contributed by atoms with van der Waals surface area (Å²) in [5, 5.41) is 25.0. The summed E-state index contributed by atoms with van der Waals surface area (Å²) in [6.07, 6.45) is -2.63. The van der Waals surface area contributed by atoms with Gasteiger partial charge in [0.05, 0.1) is 33.4 Å². The Morgan fingerprint density at radius 1 is 1.45 bits per heavy atom. The van der Waals surface area contributed by atoms with Gasteiger partial charge in [0.15, 0.2) is 12.0 Å². The summed E-state index contributed by atoms with van der Waals surface area (Å²) in [6, 6.07) is -0.0346. The molecule has 1 aromatic rings. The first-order chi connectivity index (χ1) is 14.7. The highest BCUT2D eigenvalue weighted by molar-refractivity contribution is 5.84. The van der Waals surface area contributed by atoms with Crippen LogP contribution in [-0.2, 0) is 23.8 Å². The number of aromatic nitrogens is 2. The Bertz CT molecular complexity index is 874. The molecular formula is C16H23FN6O8. The molecule has 3 N–H and O–H groups in total. The standard InChI is InChI=1S/C16H23FN6O8/c1-9(25)16(8-24,21-22-18)31-12(7-17)23-5-4-11(20-15(23)28)19-10(14(27)30-3)6-13(26)29-2/h4-5,9-10,12,24-25H,6-8H2,1-3H3,(H,19,20,28)/t9-,10+,12-,16-/m1/s1. The van der Waals surface area contributed by atoms with Crippen molar-refractivity contribution in [3.63, 3.8) is 0 Å². The second-order valence-electron chi connectivity index (χ2n) is 6.10. The molecule has 172 valence electrons. The zero-order valence-electron chi connectivity index (χ0n) is 17.0. The van der Waals surface area contributed by atoms with Crippen LogP contribution in [0.1, 0.15) is 19.6 Å². The molecule has 0 aliphatic rings. The molecule has 0 saturated carbocycles. The summed E-state index contributed by atoms with van der Waals surface area (Å²) in [5.41, 5.74) is 5.36. The summed E-state index contributed by atoms with van der Waals surface area (Å²) in [7, 11) is 2.23. The van der Waals surface area contributed by atoms with Gasteiger partial charge in [-0.15, -0.1) is 0 Å². The minimum Gasteiger partial charge on any atom is -0.469 e. The molecule has 0 fully saturated rings. The first-order valence-electron chi connectivity index (χ1n) is 8.77. The van der Waals surface area contributed by atoms with Crippen LogP contribution in [0, 0.1) is 0 Å². The van der Waals surface area contributed by atoms with Gasteiger partial charge in [-0.3, -0.25) is 9.36 Å². The minimum absolute atomic E-state index is 0.142. The molecule has 14 nitrogen and oxygen atoms in total. The molecule has 0 amide bonds. The lowest BCUT2D eigenvalue weighted by Gasteiger charge is -2.33. The number of azide groups is 1. The molecule has 0 radical (unpaired) electrons. The number of aliphatic hydroxyl groups excluding tert-OH is 2. The van der Waals surface area contributed by atoms with Crippen LogP contribution in [0.4, 0.5) is 10.2 Å². The van der Waals surface area contributed by atoms with Crippen molar-refractivity contribution in [2.75, 3.05) is 32.8 Å². The van der Waals surface area contributed by atoms with Gasteiger partial charge in [0, 0.05) is 11.1 Å². The van der Waals surface area contributed by atoms with Gasteiger partial charge in [-0.05, 0) is 18.5 Å². The van der Waals surface area contributed by atoms with Crippen molar-refractivity contribution >= 4 is 17.8 Å². The van der Waals surface area contributed by atoms with E-state index in [-0.39, 0.29) is 5.82 Å². The van der Waals surface area contributed by atoms with Crippen molar-refractivity contribution in [1.29, 1.82) is 0 Å². The van der Waals surface area contributed by atoms with E-state index in [9.17, 15) is 29.0 Å². The third kappa shape index (κ3) is 6.62. The maximum Gasteiger partial charge on any atom is 0.351 e. The van der Waals surface area contributed by atoms with Crippen molar-refractivity contribution in [3.8, 4) is 0 Å². The number of carbonyl (C=O) groups is 2. The zero-order valence-corrected chi connectivity index (χ0v) is 17.0. The van der Waals surface area contributed by atoms with Crippen molar-refractivity contribution in [3.05, 3.63) is 33.2 Å². The highest BCUT2D eigenvalue weighted by Gasteiger charge is 2.39. The van der Waals surface area contributed by atoms with Crippen LogP contribution in [0.15, 0.2) is 22.2 Å². The van der Waals surface area contributed by atoms with Gasteiger partial charge >= 0.3 is 17.6 Å². The Kier molecular flexibility index (Phi) is 9.82. The molecule has 0 bridgehead atoms. The maximum absolute atomic E-state index is 13.6. The van der Waals surface area contributed by atoms with Crippen LogP contribution in [0.3, 0.4) is 0 Å². The zero-order chi connectivity index (χ0) is 23.6. The van der Waals surface area contributed by atoms with Gasteiger partial charge in [-0.1, -0.05) is 5.11 Å². The van der Waals surface area contributed by atoms with Gasteiger partial charge in [0.2, 0.25) is 0 Å². The number of alkyl halides is 1. The van der Waals surface area contributed by atoms with E-state index in [1.165, 1.54) is 6.07 Å². The van der Waals surface area contributed by atoms with Gasteiger partial charge in [0.25, 0.3) is 0 Å². The van der Waals surface area contributed by atoms with Crippen LogP contribution in [0.2, 0.25) is 0 Å². The lowest BCUT2D eigenvalue weighted by Crippen LogP contribution is -2.48. The van der Waals surface area contributed by atoms with Crippen LogP contribution in [0.5, 0.6) is 0 Å². The molecule has 0 saturated heterocycles. The summed E-state index contributed by atoms with van der Waals surface area (Å²) < 4.78 is 28.6. The molecule has 1 aromatic heterocycles. The Balaban J connectivity index is 3.18. The minimum atomic E-state index is -2.25. The fourth-order valence-electron chi connectivity index (χ4n) is 2.36. The number of esters is 2. The number of methoxy groups -OCH3 is 2. The Hall–Kier alpha value is -3.26. The number of aliphatic hydroxyl groups is 2. The summed E-state index contributed by atoms with van der Waals surface area (Å²) in [5.74, 6) is -1.68. The molecule has 1 heterocycles. The number of rotatable bonds is 12. The van der Waals surface area contributed by atoms with Gasteiger partial charge in [0.1, 0.15) is 18.5 Å². The number of anilines is 1. The largest absolute Gasteiger partial charge is 0.469 e. The Labute approximate surface area is 175 Å². The van der Waals surface area contributed by atoms with Gasteiger partial charge < -0.3 is 29.7 Å². The van der Waals surface area contributed by atoms with Crippen molar-refractivity contribution in [1.82, 2.24) is 9.55 Å². The van der Waals surface area contributed by atoms with E-state index < -0.39 is 61.4 Å². The molecule has 0 aliphatic heterocycles. The molecule has 0 spiro atoms. The molecular weight excluding hydrogens is 423 g/mol. The average molecular weight is 446 g/mol. The summed E-state index contributed by atoms with van der Waals surface area (Å²) in [6.45, 7) is -1.17. The van der Waals surface area contributed by atoms with E-state index in [0.717, 1.165) is 27.3 Å². The van der Waals surface area contributed by atoms with E-state index in [0.29, 0.717) is 4.57 Å². The topological polar surface area (TPSA) is 198 Å². The Morgan fingerprint density at radius 3 is 2.58 bits per heavy atom. The van der Waals surface area contributed by atoms with Crippen molar-refractivity contribution in [2.45, 2.75) is 37.4 Å². The van der Waals surface area contributed by atoms with E-state index in [2.05, 4.69) is 29.8 Å². The van der Waals surface area contributed by atoms with E-state index >= 15 is 0 Å². The quantitative estimate of drug-likeness (QED) is 0.165. The van der Waals surface area contributed by atoms with Crippen molar-refractivity contribution < 1.29 is 38.4 Å². The normalized spacial score (nSPS) is 15.5. The number of hydrogen-bond acceptors (Lipinski definition) is 11. The first-order valence-corrected chi connectivity index (χ1v) is 8.77. The van der Waals surface area contributed by atoms with E-state index in [4.69, 9.17) is 10.3 Å². The average Bonchev–Trinajstić information content (AvgIpc) is 2.75. The fourth-order valence-corrected chi connectivity index (χ4v) is 2.36. The third-order valence-corrected chi connectivity index (χ3v) is 4.11. The predicted molar refractivity (Wildman–Crippen MR) is 101 cm³/mol. The number of carbonyl (C=O) groups excluding carboxylic acids is 2. The van der Waals surface area contributed by atoms with Crippen LogP contribution in [-0.4, -0.2) is 77.1 Å². The van der Waals surface area contributed by atoms with Crippen LogP contribution in [0.25, 0.3) is 10.4 Å². The summed E-state index contributed by atoms with van der Waals surface area (Å²) in [4.78, 5) is 41.8. The number of halogens is 1. The third-order valence-electron chi connectivity index (χ3n) is 4.11. The SMILES string of the molecule is COC(=O)C[C@H](Nc1ccn([C@@H](CF)O[C@@](CO)(N=[N+]=[N-])[C@@H](C)O)c(=O)n1)C(=O)OC.